The lowest BCUT2D eigenvalue weighted by atomic mass is 10.2. The van der Waals surface area contributed by atoms with E-state index in [0.29, 0.717) is 0 Å². The second kappa shape index (κ2) is 2.58. The summed E-state index contributed by atoms with van der Waals surface area (Å²) >= 11 is 0. The molecule has 1 fully saturated rings. The van der Waals surface area contributed by atoms with E-state index in [1.807, 2.05) is 13.8 Å². The largest absolute Gasteiger partial charge is 0.391 e. The molecule has 2 unspecified atom stereocenters. The van der Waals surface area contributed by atoms with E-state index in [9.17, 15) is 4.79 Å². The number of hydrogen-bond donors (Lipinski definition) is 2. The van der Waals surface area contributed by atoms with Crippen molar-refractivity contribution in [1.82, 2.24) is 5.32 Å². The number of aliphatic hydroxyl groups excluding tert-OH is 1. The minimum absolute atomic E-state index is 0.0211. The smallest absolute Gasteiger partial charge is 0.222 e. The van der Waals surface area contributed by atoms with Crippen LogP contribution in [0.25, 0.3) is 0 Å². The molecule has 2 atom stereocenters. The fourth-order valence-electron chi connectivity index (χ4n) is 0.686. The van der Waals surface area contributed by atoms with Gasteiger partial charge in [-0.05, 0) is 6.42 Å². The van der Waals surface area contributed by atoms with E-state index in [-0.39, 0.29) is 24.0 Å². The van der Waals surface area contributed by atoms with Crippen molar-refractivity contribution >= 4 is 5.91 Å². The van der Waals surface area contributed by atoms with E-state index in [2.05, 4.69) is 5.32 Å². The van der Waals surface area contributed by atoms with E-state index in [4.69, 9.17) is 5.11 Å². The Labute approximate surface area is 60.4 Å². The van der Waals surface area contributed by atoms with Crippen LogP contribution >= 0.6 is 0 Å². The minimum Gasteiger partial charge on any atom is -0.391 e. The first kappa shape index (κ1) is 7.54. The van der Waals surface area contributed by atoms with Crippen molar-refractivity contribution in [1.29, 1.82) is 0 Å². The van der Waals surface area contributed by atoms with E-state index in [0.717, 1.165) is 6.42 Å². The Morgan fingerprint density at radius 2 is 2.20 bits per heavy atom. The van der Waals surface area contributed by atoms with Gasteiger partial charge in [-0.15, -0.1) is 0 Å². The molecule has 1 amide bonds. The van der Waals surface area contributed by atoms with Gasteiger partial charge in [-0.1, -0.05) is 13.8 Å². The molecule has 1 aliphatic carbocycles. The summed E-state index contributed by atoms with van der Waals surface area (Å²) in [6.45, 7) is 3.67. The van der Waals surface area contributed by atoms with Gasteiger partial charge in [0.05, 0.1) is 12.1 Å². The van der Waals surface area contributed by atoms with Gasteiger partial charge in [-0.2, -0.15) is 0 Å². The fourth-order valence-corrected chi connectivity index (χ4v) is 0.686. The zero-order valence-electron chi connectivity index (χ0n) is 6.29. The predicted octanol–water partition coefficient (Wildman–Crippen LogP) is -0.108. The molecule has 58 valence electrons. The van der Waals surface area contributed by atoms with Gasteiger partial charge in [0.25, 0.3) is 0 Å². The molecule has 1 rings (SSSR count). The Morgan fingerprint density at radius 1 is 1.70 bits per heavy atom. The molecule has 0 saturated heterocycles. The van der Waals surface area contributed by atoms with Crippen LogP contribution in [0.5, 0.6) is 0 Å². The van der Waals surface area contributed by atoms with Crippen LogP contribution in [0, 0.1) is 5.92 Å². The fraction of sp³-hybridized carbons (Fsp3) is 0.857. The third kappa shape index (κ3) is 1.70. The first-order chi connectivity index (χ1) is 4.61. The topological polar surface area (TPSA) is 49.3 Å². The number of aliphatic hydroxyl groups is 1. The second-order valence-electron chi connectivity index (χ2n) is 3.07. The lowest BCUT2D eigenvalue weighted by Crippen LogP contribution is -2.31. The number of nitrogens with one attached hydrogen (secondary N) is 1. The summed E-state index contributed by atoms with van der Waals surface area (Å²) in [6.07, 6.45) is 0.432. The number of carbonyl (C=O) groups is 1. The average molecular weight is 143 g/mol. The standard InChI is InChI=1S/C7H13NO2/c1-4(2)7(10)8-5-3-6(5)9/h4-6,9H,3H2,1-2H3,(H,8,10). The Morgan fingerprint density at radius 3 is 2.50 bits per heavy atom. The molecule has 3 nitrogen and oxygen atoms in total. The number of carbonyl (C=O) groups excluding carboxylic acids is 1. The number of rotatable bonds is 2. The molecule has 1 aliphatic rings. The van der Waals surface area contributed by atoms with Crippen molar-refractivity contribution in [2.75, 3.05) is 0 Å². The second-order valence-corrected chi connectivity index (χ2v) is 3.07. The van der Waals surface area contributed by atoms with Crippen molar-refractivity contribution in [3.05, 3.63) is 0 Å². The highest BCUT2D eigenvalue weighted by atomic mass is 16.3. The van der Waals surface area contributed by atoms with Crippen LogP contribution in [0.2, 0.25) is 0 Å². The molecule has 0 aromatic rings. The van der Waals surface area contributed by atoms with Gasteiger partial charge in [0, 0.05) is 5.92 Å². The van der Waals surface area contributed by atoms with Gasteiger partial charge in [0.1, 0.15) is 0 Å². The van der Waals surface area contributed by atoms with Crippen LogP contribution in [0.1, 0.15) is 20.3 Å². The molecule has 2 N–H and O–H groups in total. The molecular weight excluding hydrogens is 130 g/mol. The van der Waals surface area contributed by atoms with Crippen molar-refractivity contribution < 1.29 is 9.90 Å². The van der Waals surface area contributed by atoms with Crippen molar-refractivity contribution in [2.24, 2.45) is 5.92 Å². The first-order valence-corrected chi connectivity index (χ1v) is 3.59. The molecule has 0 aliphatic heterocycles. The van der Waals surface area contributed by atoms with E-state index in [1.165, 1.54) is 0 Å². The Kier molecular flexibility index (Phi) is 1.94. The normalized spacial score (nSPS) is 30.4. The minimum atomic E-state index is -0.289. The predicted molar refractivity (Wildman–Crippen MR) is 37.4 cm³/mol. The molecule has 0 radical (unpaired) electrons. The van der Waals surface area contributed by atoms with Gasteiger partial charge in [-0.25, -0.2) is 0 Å². The molecule has 0 aromatic carbocycles. The maximum atomic E-state index is 10.9. The summed E-state index contributed by atoms with van der Waals surface area (Å²) in [5.41, 5.74) is 0. The van der Waals surface area contributed by atoms with Crippen LogP contribution in [0.3, 0.4) is 0 Å². The Balaban J connectivity index is 2.20. The maximum Gasteiger partial charge on any atom is 0.222 e. The van der Waals surface area contributed by atoms with Crippen LogP contribution in [0.4, 0.5) is 0 Å². The van der Waals surface area contributed by atoms with Gasteiger partial charge in [0.15, 0.2) is 0 Å². The zero-order chi connectivity index (χ0) is 7.72. The van der Waals surface area contributed by atoms with Gasteiger partial charge in [0.2, 0.25) is 5.91 Å². The van der Waals surface area contributed by atoms with Crippen molar-refractivity contribution in [2.45, 2.75) is 32.4 Å². The molecule has 0 spiro atoms. The van der Waals surface area contributed by atoms with Crippen LogP contribution in [0.15, 0.2) is 0 Å². The average Bonchev–Trinajstić information content (AvgIpc) is 2.46. The van der Waals surface area contributed by atoms with Gasteiger partial charge >= 0.3 is 0 Å². The molecule has 0 heterocycles. The van der Waals surface area contributed by atoms with Gasteiger partial charge in [-0.3, -0.25) is 4.79 Å². The SMILES string of the molecule is CC(C)C(=O)NC1CC1O. The quantitative estimate of drug-likeness (QED) is 0.566. The molecule has 1 saturated carbocycles. The summed E-state index contributed by atoms with van der Waals surface area (Å²) in [6, 6.07) is 0.0369. The molecular formula is C7H13NO2. The third-order valence-electron chi connectivity index (χ3n) is 1.61. The van der Waals surface area contributed by atoms with E-state index >= 15 is 0 Å². The maximum absolute atomic E-state index is 10.9. The van der Waals surface area contributed by atoms with Crippen LogP contribution < -0.4 is 5.32 Å². The van der Waals surface area contributed by atoms with Crippen LogP contribution in [-0.2, 0) is 4.79 Å². The van der Waals surface area contributed by atoms with Crippen molar-refractivity contribution in [3.8, 4) is 0 Å². The summed E-state index contributed by atoms with van der Waals surface area (Å²) in [5, 5.41) is 11.6. The summed E-state index contributed by atoms with van der Waals surface area (Å²) in [5.74, 6) is 0.0503. The Hall–Kier alpha value is -0.570. The lowest BCUT2D eigenvalue weighted by Gasteiger charge is -2.04. The molecule has 10 heavy (non-hydrogen) atoms. The Bertz CT molecular complexity index is 145. The number of hydrogen-bond acceptors (Lipinski definition) is 2. The first-order valence-electron chi connectivity index (χ1n) is 3.59. The highest BCUT2D eigenvalue weighted by Crippen LogP contribution is 2.20. The summed E-state index contributed by atoms with van der Waals surface area (Å²) in [7, 11) is 0. The molecule has 3 heteroatoms. The lowest BCUT2D eigenvalue weighted by molar-refractivity contribution is -0.124. The summed E-state index contributed by atoms with van der Waals surface area (Å²) in [4.78, 5) is 10.9. The zero-order valence-corrected chi connectivity index (χ0v) is 6.29. The number of amides is 1. The monoisotopic (exact) mass is 143 g/mol. The summed E-state index contributed by atoms with van der Waals surface area (Å²) < 4.78 is 0. The highest BCUT2D eigenvalue weighted by Gasteiger charge is 2.36. The molecule has 0 bridgehead atoms. The molecule has 0 aromatic heterocycles. The van der Waals surface area contributed by atoms with Crippen LogP contribution in [-0.4, -0.2) is 23.2 Å². The van der Waals surface area contributed by atoms with Gasteiger partial charge < -0.3 is 10.4 Å². The van der Waals surface area contributed by atoms with E-state index < -0.39 is 0 Å². The van der Waals surface area contributed by atoms with Crippen molar-refractivity contribution in [3.63, 3.8) is 0 Å². The highest BCUT2D eigenvalue weighted by molar-refractivity contribution is 5.78. The third-order valence-corrected chi connectivity index (χ3v) is 1.61. The van der Waals surface area contributed by atoms with E-state index in [1.54, 1.807) is 0 Å².